The van der Waals surface area contributed by atoms with Crippen molar-refractivity contribution in [3.63, 3.8) is 0 Å². The topological polar surface area (TPSA) is 27.0 Å². The monoisotopic (exact) mass is 254 g/mol. The molecule has 1 aromatic carbocycles. The largest absolute Gasteiger partial charge is 0.372 e. The fourth-order valence-corrected chi connectivity index (χ4v) is 1.62. The molecular formula is C14H20F2N2. The number of rotatable bonds is 4. The van der Waals surface area contributed by atoms with Crippen LogP contribution in [-0.2, 0) is 0 Å². The second-order valence-corrected chi connectivity index (χ2v) is 3.36. The minimum Gasteiger partial charge on any atom is -0.372 e. The first kappa shape index (κ1) is 16.4. The van der Waals surface area contributed by atoms with E-state index in [0.717, 1.165) is 18.8 Å². The number of hydrogen-bond donors (Lipinski definition) is 0. The fourth-order valence-electron chi connectivity index (χ4n) is 1.62. The van der Waals surface area contributed by atoms with Crippen molar-refractivity contribution < 1.29 is 8.78 Å². The van der Waals surface area contributed by atoms with Crippen molar-refractivity contribution in [3.8, 4) is 6.07 Å². The Bertz CT molecular complexity index is 393. The molecule has 0 atom stereocenters. The molecule has 0 saturated carbocycles. The van der Waals surface area contributed by atoms with E-state index >= 15 is 0 Å². The Morgan fingerprint density at radius 3 is 2.17 bits per heavy atom. The normalized spacial score (nSPS) is 9.44. The molecule has 4 heteroatoms. The van der Waals surface area contributed by atoms with Gasteiger partial charge in [-0.05, 0) is 32.0 Å². The zero-order valence-corrected chi connectivity index (χ0v) is 11.4. The summed E-state index contributed by atoms with van der Waals surface area (Å²) >= 11 is 0. The van der Waals surface area contributed by atoms with Gasteiger partial charge >= 0.3 is 0 Å². The molecule has 0 unspecified atom stereocenters. The predicted octanol–water partition coefficient (Wildman–Crippen LogP) is 4.37. The second kappa shape index (κ2) is 8.46. The number of nitrogens with zero attached hydrogens (tertiary/aromatic N) is 2. The summed E-state index contributed by atoms with van der Waals surface area (Å²) in [7, 11) is 0. The number of halogens is 2. The van der Waals surface area contributed by atoms with E-state index in [1.165, 1.54) is 12.1 Å². The lowest BCUT2D eigenvalue weighted by Crippen LogP contribution is -2.21. The third kappa shape index (κ3) is 3.99. The van der Waals surface area contributed by atoms with E-state index in [2.05, 4.69) is 0 Å². The Labute approximate surface area is 108 Å². The van der Waals surface area contributed by atoms with Gasteiger partial charge < -0.3 is 4.90 Å². The molecule has 100 valence electrons. The van der Waals surface area contributed by atoms with E-state index in [9.17, 15) is 8.78 Å². The molecule has 0 aliphatic rings. The first-order valence-corrected chi connectivity index (χ1v) is 6.21. The first-order valence-electron chi connectivity index (χ1n) is 6.21. The third-order valence-electron chi connectivity index (χ3n) is 2.52. The van der Waals surface area contributed by atoms with E-state index in [4.69, 9.17) is 5.26 Å². The average molecular weight is 254 g/mol. The Morgan fingerprint density at radius 1 is 1.22 bits per heavy atom. The molecular weight excluding hydrogens is 234 g/mol. The number of alkyl halides is 2. The molecule has 2 nitrogen and oxygen atoms in total. The van der Waals surface area contributed by atoms with Gasteiger partial charge in [0, 0.05) is 24.3 Å². The molecule has 0 N–H and O–H groups in total. The highest BCUT2D eigenvalue weighted by Gasteiger charge is 2.14. The van der Waals surface area contributed by atoms with Crippen molar-refractivity contribution in [2.45, 2.75) is 34.1 Å². The van der Waals surface area contributed by atoms with Crippen molar-refractivity contribution in [2.75, 3.05) is 18.0 Å². The molecule has 1 rings (SSSR count). The summed E-state index contributed by atoms with van der Waals surface area (Å²) in [5.41, 5.74) is 0.595. The summed E-state index contributed by atoms with van der Waals surface area (Å²) in [4.78, 5) is 1.97. The zero-order valence-electron chi connectivity index (χ0n) is 11.4. The van der Waals surface area contributed by atoms with Crippen LogP contribution in [0.4, 0.5) is 14.5 Å². The van der Waals surface area contributed by atoms with Crippen LogP contribution in [0.5, 0.6) is 0 Å². The minimum atomic E-state index is -2.61. The maximum atomic E-state index is 12.7. The molecule has 0 aromatic heterocycles. The molecule has 0 amide bonds. The summed E-state index contributed by atoms with van der Waals surface area (Å²) in [6.07, 6.45) is -2.61. The number of benzene rings is 1. The average Bonchev–Trinajstić information content (AvgIpc) is 2.42. The van der Waals surface area contributed by atoms with Gasteiger partial charge in [-0.15, -0.1) is 0 Å². The smallest absolute Gasteiger partial charge is 0.265 e. The lowest BCUT2D eigenvalue weighted by atomic mass is 10.1. The van der Waals surface area contributed by atoms with E-state index in [0.29, 0.717) is 0 Å². The Hall–Kier alpha value is -1.63. The van der Waals surface area contributed by atoms with Crippen LogP contribution in [-0.4, -0.2) is 13.1 Å². The van der Waals surface area contributed by atoms with Gasteiger partial charge in [0.2, 0.25) is 0 Å². The highest BCUT2D eigenvalue weighted by Crippen LogP contribution is 2.27. The molecule has 0 spiro atoms. The lowest BCUT2D eigenvalue weighted by molar-refractivity contribution is 0.151. The zero-order chi connectivity index (χ0) is 14.1. The Morgan fingerprint density at radius 2 is 1.78 bits per heavy atom. The number of nitriles is 1. The third-order valence-corrected chi connectivity index (χ3v) is 2.52. The van der Waals surface area contributed by atoms with Crippen LogP contribution in [0.2, 0.25) is 0 Å². The van der Waals surface area contributed by atoms with Crippen molar-refractivity contribution in [1.29, 1.82) is 5.26 Å². The van der Waals surface area contributed by atoms with Crippen molar-refractivity contribution >= 4 is 5.69 Å². The van der Waals surface area contributed by atoms with E-state index in [-0.39, 0.29) is 11.1 Å². The van der Waals surface area contributed by atoms with Crippen molar-refractivity contribution in [1.82, 2.24) is 0 Å². The second-order valence-electron chi connectivity index (χ2n) is 3.36. The van der Waals surface area contributed by atoms with Crippen LogP contribution in [0.3, 0.4) is 0 Å². The summed E-state index contributed by atoms with van der Waals surface area (Å²) in [6, 6.07) is 6.34. The maximum Gasteiger partial charge on any atom is 0.265 e. The molecule has 0 radical (unpaired) electrons. The van der Waals surface area contributed by atoms with Gasteiger partial charge in [-0.25, -0.2) is 8.78 Å². The summed E-state index contributed by atoms with van der Waals surface area (Å²) in [6.45, 7) is 9.43. The van der Waals surface area contributed by atoms with Crippen LogP contribution in [0.25, 0.3) is 0 Å². The molecule has 0 aliphatic heterocycles. The predicted molar refractivity (Wildman–Crippen MR) is 71.0 cm³/mol. The molecule has 0 heterocycles. The molecule has 0 saturated heterocycles. The van der Waals surface area contributed by atoms with Gasteiger partial charge in [0.25, 0.3) is 6.43 Å². The highest BCUT2D eigenvalue weighted by atomic mass is 19.3. The van der Waals surface area contributed by atoms with Gasteiger partial charge in [-0.3, -0.25) is 0 Å². The Balaban J connectivity index is 0.00000137. The minimum absolute atomic E-state index is 0.0471. The van der Waals surface area contributed by atoms with Crippen LogP contribution < -0.4 is 4.90 Å². The van der Waals surface area contributed by atoms with Gasteiger partial charge in [0.1, 0.15) is 0 Å². The highest BCUT2D eigenvalue weighted by molar-refractivity contribution is 5.54. The fraction of sp³-hybridized carbons (Fsp3) is 0.500. The van der Waals surface area contributed by atoms with E-state index in [1.54, 1.807) is 12.1 Å². The Kier molecular flexibility index (Phi) is 7.69. The first-order chi connectivity index (χ1) is 8.63. The van der Waals surface area contributed by atoms with E-state index < -0.39 is 6.43 Å². The molecule has 0 fully saturated rings. The van der Waals surface area contributed by atoms with Crippen LogP contribution in [0.15, 0.2) is 18.2 Å². The SMILES string of the molecule is CC.CCN(CC)c1ccc(C#N)c(C(F)F)c1. The van der Waals surface area contributed by atoms with Gasteiger partial charge in [-0.1, -0.05) is 13.8 Å². The number of anilines is 1. The summed E-state index contributed by atoms with van der Waals surface area (Å²) in [5, 5.41) is 8.71. The van der Waals surface area contributed by atoms with Gasteiger partial charge in [-0.2, -0.15) is 5.26 Å². The number of hydrogen-bond acceptors (Lipinski definition) is 2. The lowest BCUT2D eigenvalue weighted by Gasteiger charge is -2.21. The molecule has 1 aromatic rings. The standard InChI is InChI=1S/C12H14F2N2.C2H6/c1-3-16(4-2)10-6-5-9(8-15)11(7-10)12(13)14;1-2/h5-7,12H,3-4H2,1-2H3;1-2H3. The van der Waals surface area contributed by atoms with Crippen LogP contribution in [0.1, 0.15) is 45.2 Å². The molecule has 0 bridgehead atoms. The molecule has 0 aliphatic carbocycles. The quantitative estimate of drug-likeness (QED) is 0.797. The van der Waals surface area contributed by atoms with Crippen LogP contribution >= 0.6 is 0 Å². The molecule has 18 heavy (non-hydrogen) atoms. The summed E-state index contributed by atoms with van der Waals surface area (Å²) < 4.78 is 25.4. The maximum absolute atomic E-state index is 12.7. The van der Waals surface area contributed by atoms with Crippen molar-refractivity contribution in [3.05, 3.63) is 29.3 Å². The summed E-state index contributed by atoms with van der Waals surface area (Å²) in [5.74, 6) is 0. The van der Waals surface area contributed by atoms with Crippen LogP contribution in [0, 0.1) is 11.3 Å². The van der Waals surface area contributed by atoms with E-state index in [1.807, 2.05) is 32.6 Å². The van der Waals surface area contributed by atoms with Crippen molar-refractivity contribution in [2.24, 2.45) is 0 Å². The van der Waals surface area contributed by atoms with Gasteiger partial charge in [0.05, 0.1) is 11.6 Å². The van der Waals surface area contributed by atoms with Gasteiger partial charge in [0.15, 0.2) is 0 Å².